The summed E-state index contributed by atoms with van der Waals surface area (Å²) in [5.41, 5.74) is 0. The Kier molecular flexibility index (Phi) is 2.92. The third-order valence-electron chi connectivity index (χ3n) is 3.92. The Morgan fingerprint density at radius 3 is 2.38 bits per heavy atom. The Hall–Kier alpha value is -0.0400. The summed E-state index contributed by atoms with van der Waals surface area (Å²) in [5, 5.41) is 3.83. The van der Waals surface area contributed by atoms with Gasteiger partial charge < -0.3 is 5.32 Å². The predicted octanol–water partition coefficient (Wildman–Crippen LogP) is 2.95. The van der Waals surface area contributed by atoms with Gasteiger partial charge >= 0.3 is 0 Å². The molecule has 0 saturated heterocycles. The van der Waals surface area contributed by atoms with E-state index < -0.39 is 0 Å². The maximum absolute atomic E-state index is 3.83. The van der Waals surface area contributed by atoms with E-state index >= 15 is 0 Å². The highest BCUT2D eigenvalue weighted by atomic mass is 15.0. The van der Waals surface area contributed by atoms with Gasteiger partial charge in [0.05, 0.1) is 0 Å². The van der Waals surface area contributed by atoms with Crippen molar-refractivity contribution >= 4 is 0 Å². The van der Waals surface area contributed by atoms with Crippen LogP contribution in [-0.4, -0.2) is 12.1 Å². The lowest BCUT2D eigenvalue weighted by atomic mass is 9.85. The molecule has 3 atom stereocenters. The lowest BCUT2D eigenvalue weighted by Crippen LogP contribution is -2.43. The van der Waals surface area contributed by atoms with Crippen molar-refractivity contribution in [1.29, 1.82) is 0 Å². The molecule has 0 spiro atoms. The minimum atomic E-state index is 0.783. The molecule has 0 aromatic heterocycles. The van der Waals surface area contributed by atoms with Crippen LogP contribution in [0.1, 0.15) is 52.4 Å². The van der Waals surface area contributed by atoms with Crippen molar-refractivity contribution in [2.75, 3.05) is 0 Å². The molecule has 0 aliphatic heterocycles. The molecular weight excluding hydrogens is 158 g/mol. The van der Waals surface area contributed by atoms with Gasteiger partial charge in [0, 0.05) is 12.1 Å². The van der Waals surface area contributed by atoms with Crippen LogP contribution < -0.4 is 5.32 Å². The van der Waals surface area contributed by atoms with Crippen LogP contribution in [0.3, 0.4) is 0 Å². The summed E-state index contributed by atoms with van der Waals surface area (Å²) in [6.07, 6.45) is 8.69. The first-order chi connectivity index (χ1) is 6.27. The van der Waals surface area contributed by atoms with Crippen LogP contribution in [0.4, 0.5) is 0 Å². The molecule has 13 heavy (non-hydrogen) atoms. The van der Waals surface area contributed by atoms with Gasteiger partial charge in [-0.15, -0.1) is 0 Å². The molecule has 0 radical (unpaired) electrons. The molecule has 2 aliphatic rings. The second-order valence-electron chi connectivity index (χ2n) is 5.16. The van der Waals surface area contributed by atoms with E-state index in [2.05, 4.69) is 19.2 Å². The van der Waals surface area contributed by atoms with E-state index in [1.165, 1.54) is 38.5 Å². The van der Waals surface area contributed by atoms with Crippen LogP contribution in [0.5, 0.6) is 0 Å². The lowest BCUT2D eigenvalue weighted by molar-refractivity contribution is 0.254. The number of hydrogen-bond donors (Lipinski definition) is 1. The van der Waals surface area contributed by atoms with Crippen LogP contribution >= 0.6 is 0 Å². The second-order valence-corrected chi connectivity index (χ2v) is 5.16. The molecule has 1 nitrogen and oxygen atoms in total. The van der Waals surface area contributed by atoms with Gasteiger partial charge in [-0.1, -0.05) is 19.8 Å². The third-order valence-corrected chi connectivity index (χ3v) is 3.92. The van der Waals surface area contributed by atoms with Crippen LogP contribution in [0.2, 0.25) is 0 Å². The molecule has 0 amide bonds. The van der Waals surface area contributed by atoms with Crippen LogP contribution in [-0.2, 0) is 0 Å². The summed E-state index contributed by atoms with van der Waals surface area (Å²) in [4.78, 5) is 0. The Morgan fingerprint density at radius 1 is 1.08 bits per heavy atom. The fourth-order valence-electron chi connectivity index (χ4n) is 2.63. The lowest BCUT2D eigenvalue weighted by Gasteiger charge is -2.32. The summed E-state index contributed by atoms with van der Waals surface area (Å²) in [6.45, 7) is 4.79. The molecule has 0 aromatic carbocycles. The van der Waals surface area contributed by atoms with Crippen LogP contribution in [0, 0.1) is 11.8 Å². The monoisotopic (exact) mass is 181 g/mol. The Labute approximate surface area is 82.3 Å². The highest BCUT2D eigenvalue weighted by Crippen LogP contribution is 2.34. The first-order valence-electron chi connectivity index (χ1n) is 6.03. The van der Waals surface area contributed by atoms with Crippen molar-refractivity contribution in [3.05, 3.63) is 0 Å². The largest absolute Gasteiger partial charge is 0.311 e. The normalized spacial score (nSPS) is 37.4. The van der Waals surface area contributed by atoms with Crippen molar-refractivity contribution in [1.82, 2.24) is 5.32 Å². The molecule has 2 saturated carbocycles. The van der Waals surface area contributed by atoms with E-state index in [9.17, 15) is 0 Å². The average Bonchev–Trinajstić information content (AvgIpc) is 2.91. The molecule has 2 rings (SSSR count). The Morgan fingerprint density at radius 2 is 1.77 bits per heavy atom. The van der Waals surface area contributed by atoms with Crippen molar-refractivity contribution in [3.63, 3.8) is 0 Å². The van der Waals surface area contributed by atoms with Crippen LogP contribution in [0.25, 0.3) is 0 Å². The second kappa shape index (κ2) is 4.00. The van der Waals surface area contributed by atoms with Gasteiger partial charge in [0.25, 0.3) is 0 Å². The Bertz CT molecular complexity index is 163. The first-order valence-corrected chi connectivity index (χ1v) is 6.03. The molecule has 2 fully saturated rings. The molecule has 0 heterocycles. The van der Waals surface area contributed by atoms with Gasteiger partial charge in [-0.3, -0.25) is 0 Å². The zero-order valence-corrected chi connectivity index (χ0v) is 9.05. The number of nitrogens with one attached hydrogen (secondary N) is 1. The van der Waals surface area contributed by atoms with Gasteiger partial charge in [0.2, 0.25) is 0 Å². The Balaban J connectivity index is 1.77. The third kappa shape index (κ3) is 2.46. The molecule has 1 heteroatoms. The topological polar surface area (TPSA) is 12.0 Å². The maximum Gasteiger partial charge on any atom is 0.00952 e. The van der Waals surface area contributed by atoms with Crippen molar-refractivity contribution in [3.8, 4) is 0 Å². The minimum absolute atomic E-state index is 0.783. The molecular formula is C12H23N. The highest BCUT2D eigenvalue weighted by Gasteiger charge is 2.31. The number of rotatable bonds is 3. The fraction of sp³-hybridized carbons (Fsp3) is 1.00. The van der Waals surface area contributed by atoms with E-state index in [4.69, 9.17) is 0 Å². The molecule has 0 bridgehead atoms. The van der Waals surface area contributed by atoms with Gasteiger partial charge in [0.1, 0.15) is 0 Å². The van der Waals surface area contributed by atoms with Gasteiger partial charge in [-0.2, -0.15) is 0 Å². The van der Waals surface area contributed by atoms with Crippen LogP contribution in [0.15, 0.2) is 0 Å². The number of hydrogen-bond acceptors (Lipinski definition) is 1. The SMILES string of the molecule is C[C@H](N[C@@H]1CCCC[C@H]1C)C1CC1. The molecule has 76 valence electrons. The standard InChI is InChI=1S/C12H23N/c1-9-5-3-4-6-12(9)13-10(2)11-7-8-11/h9-13H,3-8H2,1-2H3/t9-,10+,12-/m1/s1. The average molecular weight is 181 g/mol. The van der Waals surface area contributed by atoms with Gasteiger partial charge in [-0.05, 0) is 44.4 Å². The predicted molar refractivity (Wildman–Crippen MR) is 56.7 cm³/mol. The van der Waals surface area contributed by atoms with Gasteiger partial charge in [0.15, 0.2) is 0 Å². The zero-order valence-electron chi connectivity index (χ0n) is 9.05. The molecule has 2 aliphatic carbocycles. The summed E-state index contributed by atoms with van der Waals surface area (Å²) in [6, 6.07) is 1.61. The molecule has 1 N–H and O–H groups in total. The summed E-state index contributed by atoms with van der Waals surface area (Å²) in [7, 11) is 0. The maximum atomic E-state index is 3.83. The first kappa shape index (κ1) is 9.51. The summed E-state index contributed by atoms with van der Waals surface area (Å²) < 4.78 is 0. The minimum Gasteiger partial charge on any atom is -0.311 e. The van der Waals surface area contributed by atoms with Crippen molar-refractivity contribution < 1.29 is 0 Å². The molecule has 0 unspecified atom stereocenters. The zero-order chi connectivity index (χ0) is 9.26. The van der Waals surface area contributed by atoms with E-state index in [1.807, 2.05) is 0 Å². The van der Waals surface area contributed by atoms with E-state index in [0.29, 0.717) is 0 Å². The van der Waals surface area contributed by atoms with Crippen molar-refractivity contribution in [2.45, 2.75) is 64.5 Å². The summed E-state index contributed by atoms with van der Waals surface area (Å²) in [5.74, 6) is 1.92. The fourth-order valence-corrected chi connectivity index (χ4v) is 2.63. The quantitative estimate of drug-likeness (QED) is 0.706. The van der Waals surface area contributed by atoms with Crippen molar-refractivity contribution in [2.24, 2.45) is 11.8 Å². The molecule has 0 aromatic rings. The van der Waals surface area contributed by atoms with Gasteiger partial charge in [-0.25, -0.2) is 0 Å². The highest BCUT2D eigenvalue weighted by molar-refractivity contribution is 4.88. The van der Waals surface area contributed by atoms with E-state index in [1.54, 1.807) is 0 Å². The summed E-state index contributed by atoms with van der Waals surface area (Å²) >= 11 is 0. The smallest absolute Gasteiger partial charge is 0.00952 e. The van der Waals surface area contributed by atoms with E-state index in [-0.39, 0.29) is 0 Å². The van der Waals surface area contributed by atoms with E-state index in [0.717, 1.165) is 23.9 Å².